The van der Waals surface area contributed by atoms with Gasteiger partial charge in [0.05, 0.1) is 12.7 Å². The summed E-state index contributed by atoms with van der Waals surface area (Å²) in [7, 11) is 1.53. The molecule has 0 saturated heterocycles. The summed E-state index contributed by atoms with van der Waals surface area (Å²) in [6.45, 7) is 3.13. The molecule has 0 fully saturated rings. The van der Waals surface area contributed by atoms with Crippen molar-refractivity contribution in [3.8, 4) is 17.6 Å². The number of fused-ring (bicyclic) bond motifs is 1. The standard InChI is InChI=1S/C21H25N5O3/c1-3-23-20(27)14-29-17-9-8-15(12-18(17)28-2)11-16(13-22)21-25-24-19-7-5-4-6-10-26(19)21/h8-9,11-12H,3-7,10,14H2,1-2H3,(H,23,27). The number of aromatic nitrogens is 3. The average molecular weight is 395 g/mol. The molecular formula is C21H25N5O3. The smallest absolute Gasteiger partial charge is 0.257 e. The SMILES string of the molecule is CCNC(=O)COc1ccc(C=C(C#N)c2nnc3n2CCCCC3)cc1OC. The zero-order valence-electron chi connectivity index (χ0n) is 16.8. The predicted octanol–water partition coefficient (Wildman–Crippen LogP) is 2.59. The quantitative estimate of drug-likeness (QED) is 0.723. The summed E-state index contributed by atoms with van der Waals surface area (Å²) in [6.07, 6.45) is 5.96. The van der Waals surface area contributed by atoms with Crippen LogP contribution in [0, 0.1) is 11.3 Å². The number of rotatable bonds is 7. The van der Waals surface area contributed by atoms with E-state index in [0.717, 1.165) is 43.6 Å². The van der Waals surface area contributed by atoms with Crippen LogP contribution in [0.15, 0.2) is 18.2 Å². The lowest BCUT2D eigenvalue weighted by molar-refractivity contribution is -0.123. The maximum absolute atomic E-state index is 11.6. The zero-order chi connectivity index (χ0) is 20.6. The summed E-state index contributed by atoms with van der Waals surface area (Å²) < 4.78 is 13.0. The molecule has 152 valence electrons. The third kappa shape index (κ3) is 4.93. The number of carbonyl (C=O) groups is 1. The Balaban J connectivity index is 1.84. The van der Waals surface area contributed by atoms with Gasteiger partial charge in [0.25, 0.3) is 5.91 Å². The Labute approximate surface area is 170 Å². The van der Waals surface area contributed by atoms with E-state index in [1.807, 2.05) is 17.6 Å². The molecule has 1 aromatic carbocycles. The predicted molar refractivity (Wildman–Crippen MR) is 108 cm³/mol. The van der Waals surface area contributed by atoms with Crippen molar-refractivity contribution >= 4 is 17.6 Å². The Bertz CT molecular complexity index is 942. The van der Waals surface area contributed by atoms with Crippen LogP contribution < -0.4 is 14.8 Å². The van der Waals surface area contributed by atoms with Crippen LogP contribution >= 0.6 is 0 Å². The monoisotopic (exact) mass is 395 g/mol. The number of hydrogen-bond acceptors (Lipinski definition) is 6. The number of allylic oxidation sites excluding steroid dienone is 1. The molecule has 0 aliphatic carbocycles. The number of carbonyl (C=O) groups excluding carboxylic acids is 1. The van der Waals surface area contributed by atoms with Gasteiger partial charge in [-0.05, 0) is 43.5 Å². The molecule has 1 aromatic heterocycles. The molecule has 1 amide bonds. The van der Waals surface area contributed by atoms with Gasteiger partial charge in [-0.25, -0.2) is 0 Å². The molecule has 2 aromatic rings. The van der Waals surface area contributed by atoms with Crippen LogP contribution in [0.25, 0.3) is 11.6 Å². The second-order valence-corrected chi connectivity index (χ2v) is 6.72. The Kier molecular flexibility index (Phi) is 6.85. The van der Waals surface area contributed by atoms with Crippen LogP contribution in [0.4, 0.5) is 0 Å². The fourth-order valence-corrected chi connectivity index (χ4v) is 3.28. The minimum absolute atomic E-state index is 0.0886. The number of methoxy groups -OCH3 is 1. The van der Waals surface area contributed by atoms with Gasteiger partial charge in [0.2, 0.25) is 0 Å². The van der Waals surface area contributed by atoms with Gasteiger partial charge in [0.1, 0.15) is 11.9 Å². The van der Waals surface area contributed by atoms with Crippen LogP contribution in [0.2, 0.25) is 0 Å². The topological polar surface area (TPSA) is 102 Å². The maximum atomic E-state index is 11.6. The molecule has 1 N–H and O–H groups in total. The van der Waals surface area contributed by atoms with Gasteiger partial charge in [0.15, 0.2) is 23.9 Å². The summed E-state index contributed by atoms with van der Waals surface area (Å²) in [5.41, 5.74) is 1.22. The Morgan fingerprint density at radius 1 is 1.31 bits per heavy atom. The lowest BCUT2D eigenvalue weighted by atomic mass is 10.1. The Morgan fingerprint density at radius 2 is 2.17 bits per heavy atom. The lowest BCUT2D eigenvalue weighted by Crippen LogP contribution is -2.28. The molecule has 1 aliphatic heterocycles. The fraction of sp³-hybridized carbons (Fsp3) is 0.429. The van der Waals surface area contributed by atoms with Crippen LogP contribution in [0.1, 0.15) is 43.4 Å². The summed E-state index contributed by atoms with van der Waals surface area (Å²) in [4.78, 5) is 11.6. The number of benzene rings is 1. The number of nitriles is 1. The van der Waals surface area contributed by atoms with Gasteiger partial charge in [-0.1, -0.05) is 12.5 Å². The first kappa shape index (κ1) is 20.4. The van der Waals surface area contributed by atoms with Gasteiger partial charge in [-0.2, -0.15) is 5.26 Å². The van der Waals surface area contributed by atoms with E-state index in [-0.39, 0.29) is 12.5 Å². The van der Waals surface area contributed by atoms with Gasteiger partial charge in [-0.15, -0.1) is 10.2 Å². The molecule has 2 heterocycles. The number of ether oxygens (including phenoxy) is 2. The number of likely N-dealkylation sites (N-methyl/N-ethyl adjacent to an activating group) is 1. The molecule has 8 nitrogen and oxygen atoms in total. The van der Waals surface area contributed by atoms with Crippen molar-refractivity contribution in [1.82, 2.24) is 20.1 Å². The minimum Gasteiger partial charge on any atom is -0.493 e. The van der Waals surface area contributed by atoms with Crippen molar-refractivity contribution in [1.29, 1.82) is 5.26 Å². The first-order valence-electron chi connectivity index (χ1n) is 9.78. The first-order valence-corrected chi connectivity index (χ1v) is 9.78. The third-order valence-electron chi connectivity index (χ3n) is 4.70. The molecule has 3 rings (SSSR count). The second-order valence-electron chi connectivity index (χ2n) is 6.72. The van der Waals surface area contributed by atoms with Crippen molar-refractivity contribution in [3.05, 3.63) is 35.4 Å². The van der Waals surface area contributed by atoms with E-state index in [9.17, 15) is 10.1 Å². The lowest BCUT2D eigenvalue weighted by Gasteiger charge is -2.11. The molecule has 0 radical (unpaired) electrons. The van der Waals surface area contributed by atoms with Crippen molar-refractivity contribution in [2.24, 2.45) is 0 Å². The van der Waals surface area contributed by atoms with Gasteiger partial charge < -0.3 is 19.4 Å². The fourth-order valence-electron chi connectivity index (χ4n) is 3.28. The normalized spacial score (nSPS) is 13.8. The van der Waals surface area contributed by atoms with Crippen LogP contribution in [0.5, 0.6) is 11.5 Å². The van der Waals surface area contributed by atoms with Crippen molar-refractivity contribution in [2.75, 3.05) is 20.3 Å². The molecule has 0 spiro atoms. The zero-order valence-corrected chi connectivity index (χ0v) is 16.8. The van der Waals surface area contributed by atoms with E-state index in [1.165, 1.54) is 7.11 Å². The van der Waals surface area contributed by atoms with E-state index in [2.05, 4.69) is 21.6 Å². The molecule has 8 heteroatoms. The highest BCUT2D eigenvalue weighted by molar-refractivity contribution is 5.87. The number of hydrogen-bond donors (Lipinski definition) is 1. The summed E-state index contributed by atoms with van der Waals surface area (Å²) in [5.74, 6) is 2.29. The van der Waals surface area contributed by atoms with E-state index in [0.29, 0.717) is 29.4 Å². The first-order chi connectivity index (χ1) is 14.2. The molecule has 0 unspecified atom stereocenters. The Morgan fingerprint density at radius 3 is 2.93 bits per heavy atom. The number of nitrogens with zero attached hydrogens (tertiary/aromatic N) is 4. The minimum atomic E-state index is -0.196. The molecule has 0 saturated carbocycles. The van der Waals surface area contributed by atoms with Crippen LogP contribution in [0.3, 0.4) is 0 Å². The average Bonchev–Trinajstić information content (AvgIpc) is 2.98. The van der Waals surface area contributed by atoms with E-state index >= 15 is 0 Å². The van der Waals surface area contributed by atoms with Gasteiger partial charge in [0, 0.05) is 19.5 Å². The maximum Gasteiger partial charge on any atom is 0.257 e. The number of nitrogens with one attached hydrogen (secondary N) is 1. The summed E-state index contributed by atoms with van der Waals surface area (Å²) in [5, 5.41) is 20.9. The largest absolute Gasteiger partial charge is 0.493 e. The van der Waals surface area contributed by atoms with Crippen LogP contribution in [-0.2, 0) is 17.8 Å². The number of amides is 1. The Hall–Kier alpha value is -3.34. The van der Waals surface area contributed by atoms with Crippen molar-refractivity contribution < 1.29 is 14.3 Å². The third-order valence-corrected chi connectivity index (χ3v) is 4.70. The molecule has 0 atom stereocenters. The molecule has 29 heavy (non-hydrogen) atoms. The van der Waals surface area contributed by atoms with E-state index in [4.69, 9.17) is 9.47 Å². The van der Waals surface area contributed by atoms with Crippen molar-refractivity contribution in [2.45, 2.75) is 39.2 Å². The van der Waals surface area contributed by atoms with Crippen LogP contribution in [-0.4, -0.2) is 40.9 Å². The number of aryl methyl sites for hydroxylation is 1. The van der Waals surface area contributed by atoms with Crippen molar-refractivity contribution in [3.63, 3.8) is 0 Å². The second kappa shape index (κ2) is 9.73. The molecule has 0 bridgehead atoms. The highest BCUT2D eigenvalue weighted by Crippen LogP contribution is 2.30. The van der Waals surface area contributed by atoms with E-state index < -0.39 is 0 Å². The molecule has 1 aliphatic rings. The molecular weight excluding hydrogens is 370 g/mol. The van der Waals surface area contributed by atoms with Gasteiger partial charge >= 0.3 is 0 Å². The van der Waals surface area contributed by atoms with Gasteiger partial charge in [-0.3, -0.25) is 4.79 Å². The highest BCUT2D eigenvalue weighted by Gasteiger charge is 2.18. The summed E-state index contributed by atoms with van der Waals surface area (Å²) >= 11 is 0. The summed E-state index contributed by atoms with van der Waals surface area (Å²) in [6, 6.07) is 7.55. The van der Waals surface area contributed by atoms with E-state index in [1.54, 1.807) is 18.2 Å². The highest BCUT2D eigenvalue weighted by atomic mass is 16.5.